The van der Waals surface area contributed by atoms with Crippen molar-refractivity contribution in [1.29, 1.82) is 0 Å². The number of hydrogen-bond acceptors (Lipinski definition) is 6. The summed E-state index contributed by atoms with van der Waals surface area (Å²) in [6.45, 7) is 9.36. The largest absolute Gasteiger partial charge is 0.503 e. The van der Waals surface area contributed by atoms with Gasteiger partial charge in [0, 0.05) is 13.1 Å². The van der Waals surface area contributed by atoms with E-state index in [-0.39, 0.29) is 11.4 Å². The fourth-order valence-corrected chi connectivity index (χ4v) is 4.41. The summed E-state index contributed by atoms with van der Waals surface area (Å²) in [4.78, 5) is 30.5. The summed E-state index contributed by atoms with van der Waals surface area (Å²) in [7, 11) is 0. The van der Waals surface area contributed by atoms with E-state index in [4.69, 9.17) is 4.74 Å². The van der Waals surface area contributed by atoms with E-state index in [1.807, 2.05) is 36.6 Å². The first-order valence-corrected chi connectivity index (χ1v) is 11.2. The summed E-state index contributed by atoms with van der Waals surface area (Å²) in [5, 5.41) is 12.5. The lowest BCUT2D eigenvalue weighted by Crippen LogP contribution is -2.38. The molecule has 2 heterocycles. The zero-order chi connectivity index (χ0) is 21.7. The molecule has 3 rings (SSSR count). The van der Waals surface area contributed by atoms with Crippen LogP contribution in [0.3, 0.4) is 0 Å². The lowest BCUT2D eigenvalue weighted by Gasteiger charge is -2.29. The number of amides is 1. The van der Waals surface area contributed by atoms with Crippen LogP contribution in [0.25, 0.3) is 0 Å². The molecule has 0 fully saturated rings. The number of carbonyl (C=O) groups is 2. The first-order chi connectivity index (χ1) is 14.5. The predicted molar refractivity (Wildman–Crippen MR) is 118 cm³/mol. The lowest BCUT2D eigenvalue weighted by atomic mass is 9.95. The Morgan fingerprint density at radius 3 is 2.60 bits per heavy atom. The van der Waals surface area contributed by atoms with Crippen molar-refractivity contribution >= 4 is 23.0 Å². The summed E-state index contributed by atoms with van der Waals surface area (Å²) < 4.78 is 5.62. The van der Waals surface area contributed by atoms with Crippen LogP contribution in [0.5, 0.6) is 5.75 Å². The van der Waals surface area contributed by atoms with Gasteiger partial charge in [0.1, 0.15) is 5.75 Å². The monoisotopic (exact) mass is 428 g/mol. The molecule has 1 amide bonds. The smallest absolute Gasteiger partial charge is 0.290 e. The molecule has 1 aliphatic rings. The highest BCUT2D eigenvalue weighted by atomic mass is 32.1. The Kier molecular flexibility index (Phi) is 7.29. The van der Waals surface area contributed by atoms with Crippen LogP contribution in [0, 0.1) is 0 Å². The molecular formula is C23H28N2O4S. The minimum atomic E-state index is -0.650. The van der Waals surface area contributed by atoms with Gasteiger partial charge < -0.3 is 19.6 Å². The lowest BCUT2D eigenvalue weighted by molar-refractivity contribution is -0.129. The third-order valence-electron chi connectivity index (χ3n) is 5.33. The zero-order valence-electron chi connectivity index (χ0n) is 17.6. The quantitative estimate of drug-likeness (QED) is 0.578. The number of aliphatic hydroxyl groups excluding tert-OH is 1. The van der Waals surface area contributed by atoms with Crippen LogP contribution < -0.4 is 4.74 Å². The number of hydrogen-bond donors (Lipinski definition) is 1. The van der Waals surface area contributed by atoms with Gasteiger partial charge in [-0.3, -0.25) is 9.59 Å². The van der Waals surface area contributed by atoms with Crippen molar-refractivity contribution in [3.05, 3.63) is 63.6 Å². The number of benzene rings is 1. The standard InChI is InChI=1S/C23H28N2O4S/c1-4-24(5-2)12-13-25-20(16-9-7-10-17(15-16)29-6-3)19(22(27)23(25)28)21(26)18-11-8-14-30-18/h7-11,14-15,20,27H,4-6,12-13H2,1-3H3/t20-/m1/s1. The number of likely N-dealkylation sites (N-methyl/N-ethyl adjacent to an activating group) is 1. The summed E-state index contributed by atoms with van der Waals surface area (Å²) in [5.74, 6) is -0.609. The average molecular weight is 429 g/mol. The van der Waals surface area contributed by atoms with Gasteiger partial charge in [-0.05, 0) is 49.2 Å². The molecule has 1 atom stereocenters. The summed E-state index contributed by atoms with van der Waals surface area (Å²) in [5.41, 5.74) is 0.883. The molecule has 1 aliphatic heterocycles. The van der Waals surface area contributed by atoms with Gasteiger partial charge in [-0.15, -0.1) is 11.3 Å². The summed E-state index contributed by atoms with van der Waals surface area (Å²) >= 11 is 1.30. The molecule has 2 aromatic rings. The van der Waals surface area contributed by atoms with Crippen LogP contribution in [-0.2, 0) is 4.79 Å². The molecule has 0 spiro atoms. The number of carbonyl (C=O) groups excluding carboxylic acids is 2. The molecule has 1 aromatic heterocycles. The molecule has 0 saturated carbocycles. The second-order valence-electron chi connectivity index (χ2n) is 7.00. The van der Waals surface area contributed by atoms with Gasteiger partial charge in [0.2, 0.25) is 5.78 Å². The van der Waals surface area contributed by atoms with Crippen molar-refractivity contribution < 1.29 is 19.4 Å². The summed E-state index contributed by atoms with van der Waals surface area (Å²) in [6, 6.07) is 10.2. The number of Topliss-reactive ketones (excluding diaryl/α,β-unsaturated/α-hetero) is 1. The van der Waals surface area contributed by atoms with Gasteiger partial charge in [0.15, 0.2) is 5.76 Å². The fourth-order valence-electron chi connectivity index (χ4n) is 3.73. The van der Waals surface area contributed by atoms with Crippen LogP contribution in [0.15, 0.2) is 53.1 Å². The zero-order valence-corrected chi connectivity index (χ0v) is 18.4. The van der Waals surface area contributed by atoms with E-state index >= 15 is 0 Å². The maximum absolute atomic E-state index is 13.2. The minimum absolute atomic E-state index is 0.135. The Bertz CT molecular complexity index is 919. The van der Waals surface area contributed by atoms with E-state index in [1.54, 1.807) is 17.0 Å². The van der Waals surface area contributed by atoms with Crippen molar-refractivity contribution in [2.45, 2.75) is 26.8 Å². The molecule has 1 aromatic carbocycles. The number of aliphatic hydroxyl groups is 1. The fraction of sp³-hybridized carbons (Fsp3) is 0.391. The maximum Gasteiger partial charge on any atom is 0.290 e. The average Bonchev–Trinajstić information content (AvgIpc) is 3.37. The van der Waals surface area contributed by atoms with Gasteiger partial charge in [-0.1, -0.05) is 32.0 Å². The molecule has 0 saturated heterocycles. The SMILES string of the molecule is CCOc1cccc([C@@H]2C(C(=O)c3cccs3)=C(O)C(=O)N2CCN(CC)CC)c1. The van der Waals surface area contributed by atoms with Crippen molar-refractivity contribution in [2.24, 2.45) is 0 Å². The third-order valence-corrected chi connectivity index (χ3v) is 6.20. The van der Waals surface area contributed by atoms with Crippen LogP contribution >= 0.6 is 11.3 Å². The van der Waals surface area contributed by atoms with Crippen molar-refractivity contribution in [1.82, 2.24) is 9.80 Å². The van der Waals surface area contributed by atoms with Gasteiger partial charge in [-0.2, -0.15) is 0 Å². The van der Waals surface area contributed by atoms with Crippen LogP contribution in [-0.4, -0.2) is 59.4 Å². The molecular weight excluding hydrogens is 400 g/mol. The number of rotatable bonds is 10. The first-order valence-electron chi connectivity index (χ1n) is 10.3. The Hall–Kier alpha value is -2.64. The number of ether oxygens (including phenoxy) is 1. The van der Waals surface area contributed by atoms with Crippen molar-refractivity contribution in [3.63, 3.8) is 0 Å². The topological polar surface area (TPSA) is 70.1 Å². The molecule has 0 radical (unpaired) electrons. The normalized spacial score (nSPS) is 16.6. The molecule has 1 N–H and O–H groups in total. The van der Waals surface area contributed by atoms with E-state index in [0.29, 0.717) is 30.3 Å². The van der Waals surface area contributed by atoms with E-state index < -0.39 is 17.7 Å². The van der Waals surface area contributed by atoms with Gasteiger partial charge in [-0.25, -0.2) is 0 Å². The molecule has 0 aliphatic carbocycles. The highest BCUT2D eigenvalue weighted by Gasteiger charge is 2.44. The molecule has 0 unspecified atom stereocenters. The Balaban J connectivity index is 2.02. The predicted octanol–water partition coefficient (Wildman–Crippen LogP) is 4.07. The Morgan fingerprint density at radius 1 is 1.20 bits per heavy atom. The van der Waals surface area contributed by atoms with Crippen LogP contribution in [0.4, 0.5) is 0 Å². The first kappa shape index (κ1) is 22.1. The van der Waals surface area contributed by atoms with E-state index in [1.165, 1.54) is 11.3 Å². The highest BCUT2D eigenvalue weighted by molar-refractivity contribution is 7.12. The molecule has 30 heavy (non-hydrogen) atoms. The maximum atomic E-state index is 13.2. The number of nitrogens with zero attached hydrogens (tertiary/aromatic N) is 2. The Labute approximate surface area is 181 Å². The second kappa shape index (κ2) is 9.91. The van der Waals surface area contributed by atoms with Crippen LogP contribution in [0.1, 0.15) is 42.0 Å². The van der Waals surface area contributed by atoms with Gasteiger partial charge in [0.25, 0.3) is 5.91 Å². The van der Waals surface area contributed by atoms with Gasteiger partial charge >= 0.3 is 0 Å². The minimum Gasteiger partial charge on any atom is -0.503 e. The van der Waals surface area contributed by atoms with E-state index in [2.05, 4.69) is 18.7 Å². The van der Waals surface area contributed by atoms with Crippen LogP contribution in [0.2, 0.25) is 0 Å². The third kappa shape index (κ3) is 4.42. The summed E-state index contributed by atoms with van der Waals surface area (Å²) in [6.07, 6.45) is 0. The molecule has 160 valence electrons. The van der Waals surface area contributed by atoms with Crippen molar-refractivity contribution in [2.75, 3.05) is 32.8 Å². The van der Waals surface area contributed by atoms with Crippen molar-refractivity contribution in [3.8, 4) is 5.75 Å². The Morgan fingerprint density at radius 2 is 1.97 bits per heavy atom. The molecule has 7 heteroatoms. The molecule has 0 bridgehead atoms. The van der Waals surface area contributed by atoms with Gasteiger partial charge in [0.05, 0.1) is 23.1 Å². The number of thiophene rings is 1. The molecule has 6 nitrogen and oxygen atoms in total. The highest BCUT2D eigenvalue weighted by Crippen LogP contribution is 2.40. The second-order valence-corrected chi connectivity index (χ2v) is 7.95. The van der Waals surface area contributed by atoms with E-state index in [0.717, 1.165) is 18.7 Å². The van der Waals surface area contributed by atoms with E-state index in [9.17, 15) is 14.7 Å². The number of ketones is 1.